The number of hydrogen-bond acceptors (Lipinski definition) is 6. The molecular formula is C22H18F3N3O5. The number of aromatic nitrogens is 2. The van der Waals surface area contributed by atoms with Crippen molar-refractivity contribution in [3.8, 4) is 17.2 Å². The predicted molar refractivity (Wildman–Crippen MR) is 110 cm³/mol. The highest BCUT2D eigenvalue weighted by Gasteiger charge is 2.36. The molecule has 33 heavy (non-hydrogen) atoms. The highest BCUT2D eigenvalue weighted by molar-refractivity contribution is 6.06. The molecule has 11 heteroatoms. The monoisotopic (exact) mass is 461 g/mol. The van der Waals surface area contributed by atoms with Gasteiger partial charge in [-0.3, -0.25) is 4.79 Å². The van der Waals surface area contributed by atoms with Crippen molar-refractivity contribution in [2.75, 3.05) is 25.3 Å². The van der Waals surface area contributed by atoms with E-state index in [4.69, 9.17) is 14.2 Å². The van der Waals surface area contributed by atoms with Crippen LogP contribution in [0.3, 0.4) is 0 Å². The summed E-state index contributed by atoms with van der Waals surface area (Å²) >= 11 is 0. The maximum atomic E-state index is 13.2. The molecule has 1 aromatic heterocycles. The summed E-state index contributed by atoms with van der Waals surface area (Å²) in [6.07, 6.45) is -4.76. The van der Waals surface area contributed by atoms with Crippen molar-refractivity contribution in [2.45, 2.75) is 13.1 Å². The molecule has 1 aliphatic rings. The second kappa shape index (κ2) is 8.49. The molecule has 0 spiro atoms. The third-order valence-corrected chi connectivity index (χ3v) is 4.87. The first-order valence-electron chi connectivity index (χ1n) is 9.81. The quantitative estimate of drug-likeness (QED) is 0.533. The fourth-order valence-corrected chi connectivity index (χ4v) is 3.24. The van der Waals surface area contributed by atoms with Crippen molar-refractivity contribution in [1.29, 1.82) is 0 Å². The van der Waals surface area contributed by atoms with Gasteiger partial charge in [0.15, 0.2) is 22.9 Å². The third kappa shape index (κ3) is 4.34. The SMILES string of the molecule is CCOC(=O)c1cc(C(F)(F)F)nn1-c1cccc(C(=O)N(C)c2ccc3c(c2)OCO3)c1. The molecule has 2 heterocycles. The van der Waals surface area contributed by atoms with E-state index in [1.165, 1.54) is 36.1 Å². The Balaban J connectivity index is 1.68. The molecule has 3 aromatic rings. The first-order valence-corrected chi connectivity index (χ1v) is 9.81. The number of ether oxygens (including phenoxy) is 3. The highest BCUT2D eigenvalue weighted by Crippen LogP contribution is 2.35. The summed E-state index contributed by atoms with van der Waals surface area (Å²) < 4.78 is 56.0. The summed E-state index contributed by atoms with van der Waals surface area (Å²) in [4.78, 5) is 26.7. The Morgan fingerprint density at radius 2 is 1.88 bits per heavy atom. The van der Waals surface area contributed by atoms with Gasteiger partial charge < -0.3 is 19.1 Å². The van der Waals surface area contributed by atoms with Crippen LogP contribution < -0.4 is 14.4 Å². The summed E-state index contributed by atoms with van der Waals surface area (Å²) in [6.45, 7) is 1.60. The van der Waals surface area contributed by atoms with E-state index in [2.05, 4.69) is 5.10 Å². The average Bonchev–Trinajstić information content (AvgIpc) is 3.45. The van der Waals surface area contributed by atoms with Crippen molar-refractivity contribution in [1.82, 2.24) is 9.78 Å². The number of amides is 1. The van der Waals surface area contributed by atoms with E-state index in [9.17, 15) is 22.8 Å². The van der Waals surface area contributed by atoms with Gasteiger partial charge in [-0.05, 0) is 37.3 Å². The fourth-order valence-electron chi connectivity index (χ4n) is 3.24. The minimum atomic E-state index is -4.76. The van der Waals surface area contributed by atoms with Crippen molar-refractivity contribution in [3.63, 3.8) is 0 Å². The maximum absolute atomic E-state index is 13.2. The smallest absolute Gasteiger partial charge is 0.435 e. The van der Waals surface area contributed by atoms with Crippen molar-refractivity contribution >= 4 is 17.6 Å². The lowest BCUT2D eigenvalue weighted by Crippen LogP contribution is -2.26. The lowest BCUT2D eigenvalue weighted by atomic mass is 10.1. The number of esters is 1. The number of halogens is 3. The van der Waals surface area contributed by atoms with Crippen LogP contribution in [0.15, 0.2) is 48.5 Å². The molecule has 0 N–H and O–H groups in total. The Labute approximate surface area is 186 Å². The Morgan fingerprint density at radius 3 is 2.61 bits per heavy atom. The summed E-state index contributed by atoms with van der Waals surface area (Å²) in [5, 5.41) is 3.53. The molecule has 8 nitrogen and oxygen atoms in total. The minimum absolute atomic E-state index is 0.0236. The van der Waals surface area contributed by atoms with Gasteiger partial charge in [-0.25, -0.2) is 9.48 Å². The average molecular weight is 461 g/mol. The summed E-state index contributed by atoms with van der Waals surface area (Å²) in [6, 6.07) is 11.4. The first-order chi connectivity index (χ1) is 15.7. The molecule has 1 amide bonds. The van der Waals surface area contributed by atoms with Crippen LogP contribution in [0.1, 0.15) is 33.5 Å². The number of carbonyl (C=O) groups excluding carboxylic acids is 2. The van der Waals surface area contributed by atoms with Crippen LogP contribution in [0.5, 0.6) is 11.5 Å². The normalized spacial score (nSPS) is 12.5. The molecule has 0 unspecified atom stereocenters. The Kier molecular flexibility index (Phi) is 5.71. The molecule has 0 fully saturated rings. The number of benzene rings is 2. The summed E-state index contributed by atoms with van der Waals surface area (Å²) in [7, 11) is 1.55. The standard InChI is InChI=1S/C22H18F3N3O5/c1-3-31-21(30)16-11-19(22(23,24)25)26-28(16)15-6-4-5-13(9-15)20(29)27(2)14-7-8-17-18(10-14)33-12-32-17/h4-11H,3,12H2,1-2H3. The van der Waals surface area contributed by atoms with Crippen LogP contribution in [0.4, 0.5) is 18.9 Å². The van der Waals surface area contributed by atoms with E-state index in [1.54, 1.807) is 25.2 Å². The predicted octanol–water partition coefficient (Wildman–Crippen LogP) is 4.07. The maximum Gasteiger partial charge on any atom is 0.435 e. The molecule has 0 saturated carbocycles. The zero-order valence-electron chi connectivity index (χ0n) is 17.5. The van der Waals surface area contributed by atoms with Crippen LogP contribution in [0.25, 0.3) is 5.69 Å². The number of rotatable bonds is 5. The zero-order valence-corrected chi connectivity index (χ0v) is 17.5. The molecule has 4 rings (SSSR count). The Hall–Kier alpha value is -4.02. The molecule has 2 aromatic carbocycles. The third-order valence-electron chi connectivity index (χ3n) is 4.87. The number of nitrogens with zero attached hydrogens (tertiary/aromatic N) is 3. The molecule has 0 atom stereocenters. The van der Waals surface area contributed by atoms with Crippen molar-refractivity contribution < 1.29 is 37.0 Å². The summed E-state index contributed by atoms with van der Waals surface area (Å²) in [5.74, 6) is -0.338. The highest BCUT2D eigenvalue weighted by atomic mass is 19.4. The number of fused-ring (bicyclic) bond motifs is 1. The van der Waals surface area contributed by atoms with Gasteiger partial charge in [-0.15, -0.1) is 0 Å². The molecule has 172 valence electrons. The van der Waals surface area contributed by atoms with Crippen LogP contribution >= 0.6 is 0 Å². The van der Waals surface area contributed by atoms with Gasteiger partial charge >= 0.3 is 12.1 Å². The van der Waals surface area contributed by atoms with Crippen LogP contribution in [-0.2, 0) is 10.9 Å². The van der Waals surface area contributed by atoms with Gasteiger partial charge in [0.05, 0.1) is 12.3 Å². The molecule has 0 bridgehead atoms. The van der Waals surface area contributed by atoms with Gasteiger partial charge in [0.2, 0.25) is 6.79 Å². The van der Waals surface area contributed by atoms with Gasteiger partial charge in [0.1, 0.15) is 0 Å². The lowest BCUT2D eigenvalue weighted by molar-refractivity contribution is -0.141. The lowest BCUT2D eigenvalue weighted by Gasteiger charge is -2.18. The van der Waals surface area contributed by atoms with E-state index in [0.29, 0.717) is 23.3 Å². The Bertz CT molecular complexity index is 1220. The number of anilines is 1. The van der Waals surface area contributed by atoms with Crippen molar-refractivity contribution in [2.24, 2.45) is 0 Å². The zero-order chi connectivity index (χ0) is 23.8. The van der Waals surface area contributed by atoms with E-state index in [-0.39, 0.29) is 24.7 Å². The molecule has 0 radical (unpaired) electrons. The second-order valence-electron chi connectivity index (χ2n) is 7.00. The minimum Gasteiger partial charge on any atom is -0.461 e. The van der Waals surface area contributed by atoms with Crippen LogP contribution in [-0.4, -0.2) is 42.1 Å². The number of hydrogen-bond donors (Lipinski definition) is 0. The molecular weight excluding hydrogens is 443 g/mol. The van der Waals surface area contributed by atoms with Crippen LogP contribution in [0, 0.1) is 0 Å². The van der Waals surface area contributed by atoms with E-state index < -0.39 is 29.4 Å². The van der Waals surface area contributed by atoms with Gasteiger partial charge in [-0.2, -0.15) is 18.3 Å². The summed E-state index contributed by atoms with van der Waals surface area (Å²) in [5.41, 5.74) is -0.858. The topological polar surface area (TPSA) is 82.9 Å². The fraction of sp³-hybridized carbons (Fsp3) is 0.227. The van der Waals surface area contributed by atoms with E-state index in [1.807, 2.05) is 0 Å². The Morgan fingerprint density at radius 1 is 1.12 bits per heavy atom. The van der Waals surface area contributed by atoms with Gasteiger partial charge in [0, 0.05) is 30.4 Å². The number of alkyl halides is 3. The molecule has 0 saturated heterocycles. The number of carbonyl (C=O) groups is 2. The van der Waals surface area contributed by atoms with Gasteiger partial charge in [-0.1, -0.05) is 6.07 Å². The van der Waals surface area contributed by atoms with Crippen molar-refractivity contribution in [3.05, 3.63) is 65.5 Å². The first kappa shape index (κ1) is 22.2. The molecule has 1 aliphatic heterocycles. The van der Waals surface area contributed by atoms with Crippen LogP contribution in [0.2, 0.25) is 0 Å². The van der Waals surface area contributed by atoms with Gasteiger partial charge in [0.25, 0.3) is 5.91 Å². The molecule has 0 aliphatic carbocycles. The largest absolute Gasteiger partial charge is 0.461 e. The second-order valence-corrected chi connectivity index (χ2v) is 7.00. The van der Waals surface area contributed by atoms with E-state index in [0.717, 1.165) is 4.68 Å². The van der Waals surface area contributed by atoms with E-state index >= 15 is 0 Å².